The Kier molecular flexibility index (Phi) is 4.26. The molecule has 0 aromatic heterocycles. The second-order valence-corrected chi connectivity index (χ2v) is 6.94. The molecule has 2 aliphatic rings. The third-order valence-corrected chi connectivity index (χ3v) is 5.00. The van der Waals surface area contributed by atoms with E-state index in [2.05, 4.69) is 10.5 Å². The number of nitrogens with two attached hydrogens (primary N) is 1. The van der Waals surface area contributed by atoms with Crippen molar-refractivity contribution in [2.75, 3.05) is 0 Å². The minimum absolute atomic E-state index is 0.409. The third-order valence-electron chi connectivity index (χ3n) is 5.00. The maximum Gasteiger partial charge on any atom is 0.332 e. The molecule has 1 heterocycles. The van der Waals surface area contributed by atoms with E-state index in [1.54, 1.807) is 13.8 Å². The maximum atomic E-state index is 13.4. The molecule has 1 fully saturated rings. The summed E-state index contributed by atoms with van der Waals surface area (Å²) >= 11 is 0. The number of hydrogen-bond donors (Lipinski definition) is 3. The molecule has 8 nitrogen and oxygen atoms in total. The molecule has 8 heteroatoms. The van der Waals surface area contributed by atoms with Gasteiger partial charge in [0.15, 0.2) is 0 Å². The predicted molar refractivity (Wildman–Crippen MR) is 93.2 cm³/mol. The lowest BCUT2D eigenvalue weighted by molar-refractivity contribution is -0.568. The molecule has 1 aromatic rings. The van der Waals surface area contributed by atoms with Gasteiger partial charge >= 0.3 is 6.03 Å². The molecule has 25 heavy (non-hydrogen) atoms. The van der Waals surface area contributed by atoms with Crippen molar-refractivity contribution in [2.24, 2.45) is 10.8 Å². The summed E-state index contributed by atoms with van der Waals surface area (Å²) in [5.74, 6) is 0. The van der Waals surface area contributed by atoms with Crippen LogP contribution in [-0.4, -0.2) is 43.7 Å². The first-order chi connectivity index (χ1) is 11.8. The lowest BCUT2D eigenvalue weighted by Crippen LogP contribution is -2.61. The summed E-state index contributed by atoms with van der Waals surface area (Å²) in [6.45, 7) is 3.59. The van der Waals surface area contributed by atoms with E-state index < -0.39 is 17.2 Å². The van der Waals surface area contributed by atoms with Crippen LogP contribution in [0.15, 0.2) is 35.4 Å². The zero-order chi connectivity index (χ0) is 18.2. The molecule has 1 aliphatic heterocycles. The first-order valence-electron chi connectivity index (χ1n) is 8.33. The van der Waals surface area contributed by atoms with Gasteiger partial charge in [0.25, 0.3) is 5.66 Å². The van der Waals surface area contributed by atoms with Crippen LogP contribution in [0.25, 0.3) is 0 Å². The summed E-state index contributed by atoms with van der Waals surface area (Å²) in [4.78, 5) is 11.1. The topological polar surface area (TPSA) is 117 Å². The summed E-state index contributed by atoms with van der Waals surface area (Å²) in [5.41, 5.74) is 6.67. The van der Waals surface area contributed by atoms with Crippen LogP contribution in [0, 0.1) is 5.21 Å². The molecule has 134 valence electrons. The number of amides is 2. The van der Waals surface area contributed by atoms with E-state index in [-0.39, 0.29) is 0 Å². The lowest BCUT2D eigenvalue weighted by atomic mass is 9.86. The van der Waals surface area contributed by atoms with Gasteiger partial charge in [-0.1, -0.05) is 18.2 Å². The second kappa shape index (κ2) is 6.12. The van der Waals surface area contributed by atoms with E-state index in [1.807, 2.05) is 30.3 Å². The molecule has 0 radical (unpaired) electrons. The molecule has 0 saturated heterocycles. The van der Waals surface area contributed by atoms with Crippen LogP contribution in [0.2, 0.25) is 0 Å². The van der Waals surface area contributed by atoms with E-state index in [4.69, 9.17) is 5.73 Å². The van der Waals surface area contributed by atoms with Crippen LogP contribution in [0.4, 0.5) is 4.79 Å². The molecule has 3 rings (SSSR count). The fourth-order valence-electron chi connectivity index (χ4n) is 3.87. The Hall–Kier alpha value is -2.45. The van der Waals surface area contributed by atoms with Crippen molar-refractivity contribution in [1.82, 2.24) is 10.5 Å². The Morgan fingerprint density at radius 2 is 2.04 bits per heavy atom. The Balaban J connectivity index is 2.18. The summed E-state index contributed by atoms with van der Waals surface area (Å²) in [5, 5.41) is 29.6. The molecule has 1 atom stereocenters. The normalized spacial score (nSPS) is 27.9. The fourth-order valence-corrected chi connectivity index (χ4v) is 3.87. The van der Waals surface area contributed by atoms with Crippen molar-refractivity contribution in [3.05, 3.63) is 41.1 Å². The zero-order valence-electron chi connectivity index (χ0n) is 14.4. The first-order valence-corrected chi connectivity index (χ1v) is 8.33. The molecular formula is C17H23N5O3. The van der Waals surface area contributed by atoms with E-state index in [1.165, 1.54) is 0 Å². The number of hydrazone groups is 1. The van der Waals surface area contributed by atoms with Crippen LogP contribution >= 0.6 is 0 Å². The van der Waals surface area contributed by atoms with E-state index in [0.717, 1.165) is 28.2 Å². The van der Waals surface area contributed by atoms with E-state index in [0.29, 0.717) is 24.3 Å². The summed E-state index contributed by atoms with van der Waals surface area (Å²) in [6, 6.07) is 8.46. The Bertz CT molecular complexity index is 744. The van der Waals surface area contributed by atoms with Crippen molar-refractivity contribution in [1.29, 1.82) is 0 Å². The van der Waals surface area contributed by atoms with Gasteiger partial charge in [0, 0.05) is 12.0 Å². The van der Waals surface area contributed by atoms with Crippen LogP contribution in [0.5, 0.6) is 0 Å². The molecule has 0 unspecified atom stereocenters. The van der Waals surface area contributed by atoms with Gasteiger partial charge in [-0.25, -0.2) is 10.2 Å². The van der Waals surface area contributed by atoms with E-state index in [9.17, 15) is 15.2 Å². The van der Waals surface area contributed by atoms with Crippen molar-refractivity contribution in [3.8, 4) is 0 Å². The van der Waals surface area contributed by atoms with Gasteiger partial charge in [-0.15, -0.1) is 5.06 Å². The average molecular weight is 345 g/mol. The van der Waals surface area contributed by atoms with Crippen LogP contribution in [0.3, 0.4) is 0 Å². The smallest absolute Gasteiger partial charge is 0.332 e. The number of rotatable bonds is 2. The number of primary amides is 1. The average Bonchev–Trinajstić information content (AvgIpc) is 2.73. The lowest BCUT2D eigenvalue weighted by Gasteiger charge is -2.38. The number of nitrogens with one attached hydrogen (secondary N) is 1. The Morgan fingerprint density at radius 1 is 1.36 bits per heavy atom. The minimum atomic E-state index is -1.34. The number of urea groups is 1. The highest BCUT2D eigenvalue weighted by Gasteiger charge is 2.65. The van der Waals surface area contributed by atoms with Gasteiger partial charge in [-0.05, 0) is 45.2 Å². The number of carbonyl (C=O) groups excluding carboxylic acids is 1. The highest BCUT2D eigenvalue weighted by atomic mass is 16.6. The highest BCUT2D eigenvalue weighted by molar-refractivity contribution is 6.07. The minimum Gasteiger partial charge on any atom is -0.622 e. The standard InChI is InChI=1S/C17H23N5O3/c1-16(2)14(12-8-4-3-5-9-12)21(24)17(22(16)25)11-7-6-10-13(17)19-20-15(18)23/h3-5,8-9,25H,6-7,10-11H2,1-2H3,(H3,18,20,23)/b19-13-/t17-/m0/s1. The van der Waals surface area contributed by atoms with Crippen molar-refractivity contribution in [3.63, 3.8) is 0 Å². The highest BCUT2D eigenvalue weighted by Crippen LogP contribution is 2.42. The van der Waals surface area contributed by atoms with Gasteiger partial charge in [-0.2, -0.15) is 9.84 Å². The largest absolute Gasteiger partial charge is 0.622 e. The maximum absolute atomic E-state index is 13.4. The number of carbonyl (C=O) groups is 1. The Morgan fingerprint density at radius 3 is 2.68 bits per heavy atom. The van der Waals surface area contributed by atoms with Crippen LogP contribution in [-0.2, 0) is 0 Å². The summed E-state index contributed by atoms with van der Waals surface area (Å²) in [6.07, 6.45) is 2.49. The van der Waals surface area contributed by atoms with E-state index >= 15 is 0 Å². The van der Waals surface area contributed by atoms with Gasteiger partial charge < -0.3 is 16.1 Å². The molecule has 0 bridgehead atoms. The third kappa shape index (κ3) is 2.58. The van der Waals surface area contributed by atoms with Crippen LogP contribution in [0.1, 0.15) is 45.1 Å². The van der Waals surface area contributed by atoms with Crippen molar-refractivity contribution in [2.45, 2.75) is 50.7 Å². The zero-order valence-corrected chi connectivity index (χ0v) is 14.4. The molecule has 1 aliphatic carbocycles. The second-order valence-electron chi connectivity index (χ2n) is 6.94. The Labute approximate surface area is 146 Å². The molecule has 1 spiro atoms. The first kappa shape index (κ1) is 17.4. The summed E-state index contributed by atoms with van der Waals surface area (Å²) in [7, 11) is 0. The van der Waals surface area contributed by atoms with Gasteiger partial charge in [0.2, 0.25) is 5.71 Å². The number of hydroxylamine groups is 3. The number of hydrogen-bond acceptors (Lipinski definition) is 5. The number of nitrogens with zero attached hydrogens (tertiary/aromatic N) is 3. The van der Waals surface area contributed by atoms with Gasteiger partial charge in [0.1, 0.15) is 11.3 Å². The molecular weight excluding hydrogens is 322 g/mol. The monoisotopic (exact) mass is 345 g/mol. The van der Waals surface area contributed by atoms with Crippen LogP contribution < -0.4 is 11.2 Å². The molecule has 1 saturated carbocycles. The SMILES string of the molecule is CC1(C)C(c2ccccc2)=[N+]([O-])[C@@]2(CCCC/C2=N/NC(N)=O)N1O. The summed E-state index contributed by atoms with van der Waals surface area (Å²) < 4.78 is 0.850. The number of benzene rings is 1. The van der Waals surface area contributed by atoms with Gasteiger partial charge in [-0.3, -0.25) is 0 Å². The molecule has 4 N–H and O–H groups in total. The quantitative estimate of drug-likeness (QED) is 0.430. The fraction of sp³-hybridized carbons (Fsp3) is 0.471. The molecule has 2 amide bonds. The predicted octanol–water partition coefficient (Wildman–Crippen LogP) is 1.76. The molecule has 1 aromatic carbocycles. The van der Waals surface area contributed by atoms with Gasteiger partial charge in [0.05, 0.1) is 0 Å². The van der Waals surface area contributed by atoms with Crippen molar-refractivity contribution < 1.29 is 14.7 Å². The van der Waals surface area contributed by atoms with Crippen molar-refractivity contribution >= 4 is 17.5 Å².